The van der Waals surface area contributed by atoms with Gasteiger partial charge in [0.2, 0.25) is 0 Å². The molecule has 4 rings (SSSR count). The van der Waals surface area contributed by atoms with Gasteiger partial charge in [0.15, 0.2) is 11.5 Å². The summed E-state index contributed by atoms with van der Waals surface area (Å²) >= 11 is 0. The van der Waals surface area contributed by atoms with E-state index in [1.165, 1.54) is 0 Å². The number of benzene rings is 2. The molecule has 0 spiro atoms. The zero-order valence-corrected chi connectivity index (χ0v) is 14.4. The van der Waals surface area contributed by atoms with E-state index >= 15 is 0 Å². The van der Waals surface area contributed by atoms with Gasteiger partial charge in [0.1, 0.15) is 12.4 Å². The second-order valence-corrected chi connectivity index (χ2v) is 6.28. The molecule has 0 saturated heterocycles. The Kier molecular flexibility index (Phi) is 3.57. The normalized spacial score (nSPS) is 12.1. The summed E-state index contributed by atoms with van der Waals surface area (Å²) in [6.07, 6.45) is 0. The van der Waals surface area contributed by atoms with Crippen LogP contribution in [0.5, 0.6) is 5.75 Å². The molecule has 0 aliphatic carbocycles. The molecule has 0 N–H and O–H groups in total. The monoisotopic (exact) mass is 334 g/mol. The average molecular weight is 334 g/mol. The first-order valence-electron chi connectivity index (χ1n) is 8.12. The molecule has 3 aromatic rings. The third-order valence-electron chi connectivity index (χ3n) is 4.52. The highest BCUT2D eigenvalue weighted by Crippen LogP contribution is 2.39. The second kappa shape index (κ2) is 5.77. The van der Waals surface area contributed by atoms with E-state index in [4.69, 9.17) is 9.26 Å². The van der Waals surface area contributed by atoms with Crippen molar-refractivity contribution in [1.29, 1.82) is 0 Å². The Morgan fingerprint density at radius 1 is 1.16 bits per heavy atom. The number of rotatable bonds is 2. The van der Waals surface area contributed by atoms with Crippen LogP contribution in [0, 0.1) is 13.8 Å². The van der Waals surface area contributed by atoms with Crippen LogP contribution in [-0.2, 0) is 6.61 Å². The summed E-state index contributed by atoms with van der Waals surface area (Å²) in [5, 5.41) is 4.06. The van der Waals surface area contributed by atoms with Gasteiger partial charge in [-0.1, -0.05) is 35.0 Å². The number of amides is 1. The number of carbonyl (C=O) groups is 1. The first-order valence-corrected chi connectivity index (χ1v) is 8.12. The molecule has 2 aromatic carbocycles. The van der Waals surface area contributed by atoms with Crippen LogP contribution < -0.4 is 9.64 Å². The van der Waals surface area contributed by atoms with Gasteiger partial charge >= 0.3 is 0 Å². The summed E-state index contributed by atoms with van der Waals surface area (Å²) < 4.78 is 11.3. The molecule has 2 heterocycles. The second-order valence-electron chi connectivity index (χ2n) is 6.28. The summed E-state index contributed by atoms with van der Waals surface area (Å²) in [5.41, 5.74) is 4.80. The SMILES string of the molecule is Cc1ccc2c(c1)-c1onc(C(=O)N(C)c3ccccc3C)c1CO2. The standard InChI is InChI=1S/C20H18N2O3/c1-12-8-9-17-14(10-12)19-15(11-24-17)18(21-25-19)20(23)22(3)16-7-5-4-6-13(16)2/h4-10H,11H2,1-3H3. The minimum absolute atomic E-state index is 0.209. The fourth-order valence-corrected chi connectivity index (χ4v) is 3.13. The van der Waals surface area contributed by atoms with Gasteiger partial charge in [-0.15, -0.1) is 0 Å². The minimum atomic E-state index is -0.209. The summed E-state index contributed by atoms with van der Waals surface area (Å²) in [4.78, 5) is 14.6. The van der Waals surface area contributed by atoms with Crippen molar-refractivity contribution < 1.29 is 14.1 Å². The van der Waals surface area contributed by atoms with Crippen molar-refractivity contribution in [3.8, 4) is 17.1 Å². The molecule has 1 aromatic heterocycles. The highest BCUT2D eigenvalue weighted by molar-refractivity contribution is 6.06. The first kappa shape index (κ1) is 15.4. The summed E-state index contributed by atoms with van der Waals surface area (Å²) in [6, 6.07) is 13.6. The van der Waals surface area contributed by atoms with E-state index in [-0.39, 0.29) is 12.5 Å². The zero-order chi connectivity index (χ0) is 17.6. The zero-order valence-electron chi connectivity index (χ0n) is 14.4. The highest BCUT2D eigenvalue weighted by atomic mass is 16.5. The van der Waals surface area contributed by atoms with Gasteiger partial charge in [-0.3, -0.25) is 4.79 Å². The summed E-state index contributed by atoms with van der Waals surface area (Å²) in [7, 11) is 1.74. The number of hydrogen-bond donors (Lipinski definition) is 0. The van der Waals surface area contributed by atoms with Gasteiger partial charge in [0, 0.05) is 12.7 Å². The average Bonchev–Trinajstić information content (AvgIpc) is 3.05. The van der Waals surface area contributed by atoms with E-state index in [9.17, 15) is 4.79 Å². The van der Waals surface area contributed by atoms with Crippen LogP contribution >= 0.6 is 0 Å². The first-order chi connectivity index (χ1) is 12.1. The molecule has 5 nitrogen and oxygen atoms in total. The van der Waals surface area contributed by atoms with Crippen molar-refractivity contribution in [2.75, 3.05) is 11.9 Å². The lowest BCUT2D eigenvalue weighted by atomic mass is 10.0. The van der Waals surface area contributed by atoms with Crippen LogP contribution in [0.25, 0.3) is 11.3 Å². The van der Waals surface area contributed by atoms with Crippen molar-refractivity contribution in [1.82, 2.24) is 5.16 Å². The number of anilines is 1. The molecule has 0 fully saturated rings. The van der Waals surface area contributed by atoms with Gasteiger partial charge < -0.3 is 14.2 Å². The van der Waals surface area contributed by atoms with E-state index in [0.29, 0.717) is 17.0 Å². The lowest BCUT2D eigenvalue weighted by Gasteiger charge is -2.20. The molecule has 1 aliphatic rings. The Morgan fingerprint density at radius 3 is 2.76 bits per heavy atom. The lowest BCUT2D eigenvalue weighted by molar-refractivity contribution is 0.0982. The molecule has 0 unspecified atom stereocenters. The fraction of sp³-hybridized carbons (Fsp3) is 0.200. The number of ether oxygens (including phenoxy) is 1. The van der Waals surface area contributed by atoms with E-state index in [1.807, 2.05) is 56.3 Å². The predicted octanol–water partition coefficient (Wildman–Crippen LogP) is 4.13. The third kappa shape index (κ3) is 2.48. The summed E-state index contributed by atoms with van der Waals surface area (Å²) in [5.74, 6) is 1.16. The van der Waals surface area contributed by atoms with Crippen molar-refractivity contribution in [2.24, 2.45) is 0 Å². The van der Waals surface area contributed by atoms with Crippen LogP contribution in [-0.4, -0.2) is 18.1 Å². The number of aryl methyl sites for hydroxylation is 2. The molecule has 1 amide bonds. The van der Waals surface area contributed by atoms with Crippen molar-refractivity contribution in [3.63, 3.8) is 0 Å². The Balaban J connectivity index is 1.74. The minimum Gasteiger partial charge on any atom is -0.488 e. The van der Waals surface area contributed by atoms with Crippen LogP contribution in [0.2, 0.25) is 0 Å². The van der Waals surface area contributed by atoms with Gasteiger partial charge in [-0.25, -0.2) is 0 Å². The van der Waals surface area contributed by atoms with E-state index in [2.05, 4.69) is 5.16 Å². The van der Waals surface area contributed by atoms with Gasteiger partial charge in [0.05, 0.1) is 11.1 Å². The summed E-state index contributed by atoms with van der Waals surface area (Å²) in [6.45, 7) is 4.25. The Bertz CT molecular complexity index is 975. The van der Waals surface area contributed by atoms with Crippen LogP contribution in [0.3, 0.4) is 0 Å². The molecule has 0 atom stereocenters. The van der Waals surface area contributed by atoms with Crippen LogP contribution in [0.1, 0.15) is 27.2 Å². The Morgan fingerprint density at radius 2 is 1.96 bits per heavy atom. The van der Waals surface area contributed by atoms with Gasteiger partial charge in [-0.05, 0) is 37.6 Å². The van der Waals surface area contributed by atoms with Crippen molar-refractivity contribution >= 4 is 11.6 Å². The van der Waals surface area contributed by atoms with Gasteiger partial charge in [0.25, 0.3) is 5.91 Å². The number of para-hydroxylation sites is 1. The lowest BCUT2D eigenvalue weighted by Crippen LogP contribution is -2.28. The maximum absolute atomic E-state index is 13.0. The maximum atomic E-state index is 13.0. The number of nitrogens with zero attached hydrogens (tertiary/aromatic N) is 2. The number of fused-ring (bicyclic) bond motifs is 3. The number of carbonyl (C=O) groups excluding carboxylic acids is 1. The smallest absolute Gasteiger partial charge is 0.280 e. The van der Waals surface area contributed by atoms with Crippen molar-refractivity contribution in [3.05, 3.63) is 64.8 Å². The molecule has 25 heavy (non-hydrogen) atoms. The molecule has 0 bridgehead atoms. The molecular formula is C20H18N2O3. The fourth-order valence-electron chi connectivity index (χ4n) is 3.13. The molecule has 0 radical (unpaired) electrons. The highest BCUT2D eigenvalue weighted by Gasteiger charge is 2.30. The van der Waals surface area contributed by atoms with E-state index in [1.54, 1.807) is 11.9 Å². The molecular weight excluding hydrogens is 316 g/mol. The van der Waals surface area contributed by atoms with Gasteiger partial charge in [-0.2, -0.15) is 0 Å². The van der Waals surface area contributed by atoms with E-state index in [0.717, 1.165) is 28.1 Å². The Hall–Kier alpha value is -3.08. The topological polar surface area (TPSA) is 55.6 Å². The molecule has 1 aliphatic heterocycles. The number of hydrogen-bond acceptors (Lipinski definition) is 4. The number of aromatic nitrogens is 1. The molecule has 126 valence electrons. The van der Waals surface area contributed by atoms with Crippen LogP contribution in [0.4, 0.5) is 5.69 Å². The third-order valence-corrected chi connectivity index (χ3v) is 4.52. The van der Waals surface area contributed by atoms with Crippen molar-refractivity contribution in [2.45, 2.75) is 20.5 Å². The van der Waals surface area contributed by atoms with E-state index < -0.39 is 0 Å². The van der Waals surface area contributed by atoms with Crippen LogP contribution in [0.15, 0.2) is 47.0 Å². The molecule has 5 heteroatoms. The quantitative estimate of drug-likeness (QED) is 0.707. The molecule has 0 saturated carbocycles. The maximum Gasteiger partial charge on any atom is 0.280 e. The Labute approximate surface area is 145 Å². The predicted molar refractivity (Wildman–Crippen MR) is 94.9 cm³/mol. The largest absolute Gasteiger partial charge is 0.488 e.